The molecule has 0 aliphatic heterocycles. The van der Waals surface area contributed by atoms with E-state index in [4.69, 9.17) is 0 Å². The number of hydrogen-bond donors (Lipinski definition) is 1. The molecule has 1 N–H and O–H groups in total. The average Bonchev–Trinajstić information content (AvgIpc) is 2.16. The first-order valence-electron chi connectivity index (χ1n) is 7.15. The van der Waals surface area contributed by atoms with Gasteiger partial charge in [-0.2, -0.15) is 0 Å². The van der Waals surface area contributed by atoms with Crippen LogP contribution in [0.4, 0.5) is 0 Å². The van der Waals surface area contributed by atoms with Crippen molar-refractivity contribution in [3.63, 3.8) is 0 Å². The number of aliphatic hydroxyl groups is 1. The molecule has 0 bridgehead atoms. The van der Waals surface area contributed by atoms with Crippen LogP contribution >= 0.6 is 0 Å². The van der Waals surface area contributed by atoms with Crippen LogP contribution in [-0.4, -0.2) is 11.2 Å². The van der Waals surface area contributed by atoms with Gasteiger partial charge in [0.15, 0.2) is 0 Å². The topological polar surface area (TPSA) is 20.2 Å². The van der Waals surface area contributed by atoms with Crippen LogP contribution in [0.15, 0.2) is 0 Å². The maximum Gasteiger partial charge on any atom is 0.0540 e. The zero-order chi connectivity index (χ0) is 12.2. The van der Waals surface area contributed by atoms with Gasteiger partial charge in [-0.25, -0.2) is 0 Å². The van der Waals surface area contributed by atoms with Gasteiger partial charge < -0.3 is 5.11 Å². The molecule has 0 spiro atoms. The largest absolute Gasteiger partial charge is 0.393 e. The van der Waals surface area contributed by atoms with Crippen LogP contribution in [-0.2, 0) is 0 Å². The molecule has 1 rings (SSSR count). The maximum absolute atomic E-state index is 9.84. The van der Waals surface area contributed by atoms with E-state index in [1.54, 1.807) is 0 Å². The standard InChI is InChI=1S/C15H30O/c1-5-7-13(16)9-10-14-12(2)8-6-11-15(14,3)4/h12-14,16H,5-11H2,1-4H3/t12?,13-,14?/m0/s1. The number of aliphatic hydroxyl groups excluding tert-OH is 1. The minimum Gasteiger partial charge on any atom is -0.393 e. The van der Waals surface area contributed by atoms with Gasteiger partial charge in [-0.05, 0) is 42.9 Å². The molecule has 0 heterocycles. The summed E-state index contributed by atoms with van der Waals surface area (Å²) in [5.41, 5.74) is 0.490. The molecule has 0 aromatic heterocycles. The second-order valence-electron chi connectivity index (χ2n) is 6.48. The molecular formula is C15H30O. The summed E-state index contributed by atoms with van der Waals surface area (Å²) < 4.78 is 0. The van der Waals surface area contributed by atoms with E-state index in [0.717, 1.165) is 31.1 Å². The minimum absolute atomic E-state index is 0.0603. The van der Waals surface area contributed by atoms with Crippen LogP contribution in [0.3, 0.4) is 0 Å². The van der Waals surface area contributed by atoms with E-state index in [0.29, 0.717) is 5.41 Å². The molecule has 3 atom stereocenters. The van der Waals surface area contributed by atoms with E-state index >= 15 is 0 Å². The minimum atomic E-state index is -0.0603. The fraction of sp³-hybridized carbons (Fsp3) is 1.00. The molecule has 16 heavy (non-hydrogen) atoms. The van der Waals surface area contributed by atoms with E-state index in [1.165, 1.54) is 25.7 Å². The average molecular weight is 226 g/mol. The second-order valence-corrected chi connectivity index (χ2v) is 6.48. The summed E-state index contributed by atoms with van der Waals surface area (Å²) in [6.45, 7) is 9.38. The highest BCUT2D eigenvalue weighted by Crippen LogP contribution is 2.46. The zero-order valence-corrected chi connectivity index (χ0v) is 11.6. The first-order chi connectivity index (χ1) is 7.47. The number of hydrogen-bond acceptors (Lipinski definition) is 1. The molecule has 1 saturated carbocycles. The Kier molecular flexibility index (Phi) is 5.30. The lowest BCUT2D eigenvalue weighted by Gasteiger charge is -2.43. The van der Waals surface area contributed by atoms with Gasteiger partial charge in [0, 0.05) is 0 Å². The molecule has 96 valence electrons. The first-order valence-corrected chi connectivity index (χ1v) is 7.15. The fourth-order valence-corrected chi connectivity index (χ4v) is 3.56. The summed E-state index contributed by atoms with van der Waals surface area (Å²) in [7, 11) is 0. The third kappa shape index (κ3) is 3.76. The van der Waals surface area contributed by atoms with Crippen molar-refractivity contribution in [2.24, 2.45) is 17.3 Å². The lowest BCUT2D eigenvalue weighted by atomic mass is 9.62. The molecule has 0 aromatic rings. The molecule has 0 saturated heterocycles. The van der Waals surface area contributed by atoms with Crippen molar-refractivity contribution in [2.45, 2.75) is 78.7 Å². The van der Waals surface area contributed by atoms with Gasteiger partial charge in [-0.15, -0.1) is 0 Å². The predicted octanol–water partition coefficient (Wildman–Crippen LogP) is 4.39. The monoisotopic (exact) mass is 226 g/mol. The lowest BCUT2D eigenvalue weighted by molar-refractivity contribution is 0.0560. The van der Waals surface area contributed by atoms with Crippen LogP contribution in [0.1, 0.15) is 72.6 Å². The Balaban J connectivity index is 2.43. The van der Waals surface area contributed by atoms with Gasteiger partial charge in [0.25, 0.3) is 0 Å². The summed E-state index contributed by atoms with van der Waals surface area (Å²) in [6.07, 6.45) is 8.38. The summed E-state index contributed by atoms with van der Waals surface area (Å²) >= 11 is 0. The molecule has 1 fully saturated rings. The summed E-state index contributed by atoms with van der Waals surface area (Å²) in [6, 6.07) is 0. The van der Waals surface area contributed by atoms with Crippen LogP contribution in [0, 0.1) is 17.3 Å². The van der Waals surface area contributed by atoms with Crippen LogP contribution < -0.4 is 0 Å². The van der Waals surface area contributed by atoms with Crippen LogP contribution in [0.25, 0.3) is 0 Å². The zero-order valence-electron chi connectivity index (χ0n) is 11.6. The van der Waals surface area contributed by atoms with E-state index in [2.05, 4.69) is 27.7 Å². The molecule has 0 radical (unpaired) electrons. The molecular weight excluding hydrogens is 196 g/mol. The highest BCUT2D eigenvalue weighted by atomic mass is 16.3. The molecule has 1 nitrogen and oxygen atoms in total. The van der Waals surface area contributed by atoms with Gasteiger partial charge in [-0.3, -0.25) is 0 Å². The normalized spacial score (nSPS) is 31.3. The predicted molar refractivity (Wildman–Crippen MR) is 70.4 cm³/mol. The molecule has 1 heteroatoms. The molecule has 0 amide bonds. The van der Waals surface area contributed by atoms with Gasteiger partial charge in [0.05, 0.1) is 6.10 Å². The third-order valence-corrected chi connectivity index (χ3v) is 4.60. The van der Waals surface area contributed by atoms with Gasteiger partial charge >= 0.3 is 0 Å². The van der Waals surface area contributed by atoms with E-state index in [-0.39, 0.29) is 6.10 Å². The van der Waals surface area contributed by atoms with Crippen LogP contribution in [0.5, 0.6) is 0 Å². The quantitative estimate of drug-likeness (QED) is 0.737. The van der Waals surface area contributed by atoms with Crippen molar-refractivity contribution in [3.8, 4) is 0 Å². The van der Waals surface area contributed by atoms with Gasteiger partial charge in [-0.1, -0.05) is 47.0 Å². The number of rotatable bonds is 5. The Morgan fingerprint density at radius 2 is 2.00 bits per heavy atom. The van der Waals surface area contributed by atoms with E-state index in [1.807, 2.05) is 0 Å². The molecule has 2 unspecified atom stereocenters. The first kappa shape index (κ1) is 14.0. The summed E-state index contributed by atoms with van der Waals surface area (Å²) in [5.74, 6) is 1.66. The van der Waals surface area contributed by atoms with E-state index in [9.17, 15) is 5.11 Å². The summed E-state index contributed by atoms with van der Waals surface area (Å²) in [4.78, 5) is 0. The van der Waals surface area contributed by atoms with Crippen molar-refractivity contribution in [1.82, 2.24) is 0 Å². The van der Waals surface area contributed by atoms with Crippen molar-refractivity contribution in [1.29, 1.82) is 0 Å². The third-order valence-electron chi connectivity index (χ3n) is 4.60. The lowest BCUT2D eigenvalue weighted by Crippen LogP contribution is -2.34. The van der Waals surface area contributed by atoms with Crippen molar-refractivity contribution >= 4 is 0 Å². The van der Waals surface area contributed by atoms with Crippen molar-refractivity contribution in [2.75, 3.05) is 0 Å². The van der Waals surface area contributed by atoms with E-state index < -0.39 is 0 Å². The fourth-order valence-electron chi connectivity index (χ4n) is 3.56. The van der Waals surface area contributed by atoms with Crippen LogP contribution in [0.2, 0.25) is 0 Å². The summed E-state index contributed by atoms with van der Waals surface area (Å²) in [5, 5.41) is 9.84. The maximum atomic E-state index is 9.84. The molecule has 1 aliphatic rings. The highest BCUT2D eigenvalue weighted by Gasteiger charge is 2.36. The van der Waals surface area contributed by atoms with Gasteiger partial charge in [0.1, 0.15) is 0 Å². The molecule has 0 aromatic carbocycles. The Morgan fingerprint density at radius 1 is 1.31 bits per heavy atom. The molecule has 1 aliphatic carbocycles. The Hall–Kier alpha value is -0.0400. The SMILES string of the molecule is CCC[C@H](O)CCC1C(C)CCCC1(C)C. The highest BCUT2D eigenvalue weighted by molar-refractivity contribution is 4.86. The van der Waals surface area contributed by atoms with Crippen molar-refractivity contribution < 1.29 is 5.11 Å². The Morgan fingerprint density at radius 3 is 2.56 bits per heavy atom. The Bertz CT molecular complexity index is 198. The van der Waals surface area contributed by atoms with Crippen molar-refractivity contribution in [3.05, 3.63) is 0 Å². The Labute approximate surface area is 102 Å². The smallest absolute Gasteiger partial charge is 0.0540 e. The second kappa shape index (κ2) is 6.05. The van der Waals surface area contributed by atoms with Gasteiger partial charge in [0.2, 0.25) is 0 Å².